The van der Waals surface area contributed by atoms with Crippen molar-refractivity contribution in [1.29, 1.82) is 0 Å². The van der Waals surface area contributed by atoms with Crippen LogP contribution >= 0.6 is 0 Å². The van der Waals surface area contributed by atoms with Gasteiger partial charge in [-0.1, -0.05) is 12.1 Å². The van der Waals surface area contributed by atoms with E-state index in [1.165, 1.54) is 0 Å². The Balaban J connectivity index is 1.75. The molecule has 5 heteroatoms. The summed E-state index contributed by atoms with van der Waals surface area (Å²) in [5.74, 6) is 0.916. The molecular weight excluding hydrogens is 238 g/mol. The lowest BCUT2D eigenvalue weighted by Crippen LogP contribution is -2.20. The van der Waals surface area contributed by atoms with E-state index in [2.05, 4.69) is 33.5 Å². The van der Waals surface area contributed by atoms with Crippen LogP contribution in [-0.2, 0) is 6.54 Å². The predicted octanol–water partition coefficient (Wildman–Crippen LogP) is 1.98. The summed E-state index contributed by atoms with van der Waals surface area (Å²) in [6.07, 6.45) is 5.62. The van der Waals surface area contributed by atoms with Gasteiger partial charge in [-0.25, -0.2) is 0 Å². The molecule has 3 heterocycles. The van der Waals surface area contributed by atoms with E-state index in [0.29, 0.717) is 0 Å². The normalized spacial score (nSPS) is 12.7. The molecule has 0 fully saturated rings. The summed E-state index contributed by atoms with van der Waals surface area (Å²) < 4.78 is 2.00. The summed E-state index contributed by atoms with van der Waals surface area (Å²) in [5, 5.41) is 11.8. The molecule has 0 spiro atoms. The van der Waals surface area contributed by atoms with Crippen molar-refractivity contribution in [3.8, 4) is 0 Å². The average Bonchev–Trinajstić information content (AvgIpc) is 2.90. The average molecular weight is 253 g/mol. The fraction of sp³-hybridized carbons (Fsp3) is 0.214. The maximum absolute atomic E-state index is 4.24. The Kier molecular flexibility index (Phi) is 3.20. The van der Waals surface area contributed by atoms with Gasteiger partial charge in [-0.05, 0) is 30.7 Å². The summed E-state index contributed by atoms with van der Waals surface area (Å²) >= 11 is 0. The highest BCUT2D eigenvalue weighted by atomic mass is 15.3. The molecular formula is C14H15N5. The molecule has 3 rings (SSSR count). The standard InChI is InChI=1S/C14H15N5/c1-11(16-10-12-5-4-7-15-9-12)14-18-17-13-6-2-3-8-19(13)14/h2-9,11,16H,10H2,1H3. The molecule has 0 saturated heterocycles. The first-order valence-corrected chi connectivity index (χ1v) is 6.26. The summed E-state index contributed by atoms with van der Waals surface area (Å²) in [7, 11) is 0. The predicted molar refractivity (Wildman–Crippen MR) is 72.5 cm³/mol. The molecule has 3 aromatic heterocycles. The van der Waals surface area contributed by atoms with Crippen LogP contribution in [-0.4, -0.2) is 19.6 Å². The molecule has 0 saturated carbocycles. The highest BCUT2D eigenvalue weighted by Crippen LogP contribution is 2.12. The molecule has 0 aliphatic heterocycles. The zero-order valence-corrected chi connectivity index (χ0v) is 10.7. The Bertz CT molecular complexity index is 662. The Morgan fingerprint density at radius 1 is 1.21 bits per heavy atom. The van der Waals surface area contributed by atoms with Gasteiger partial charge in [0.1, 0.15) is 0 Å². The maximum atomic E-state index is 4.24. The van der Waals surface area contributed by atoms with E-state index in [0.717, 1.165) is 23.6 Å². The Labute approximate surface area is 111 Å². The van der Waals surface area contributed by atoms with Crippen LogP contribution in [0.4, 0.5) is 0 Å². The molecule has 0 aromatic carbocycles. The molecule has 3 aromatic rings. The minimum Gasteiger partial charge on any atom is -0.303 e. The van der Waals surface area contributed by atoms with Gasteiger partial charge < -0.3 is 5.32 Å². The monoisotopic (exact) mass is 253 g/mol. The summed E-state index contributed by atoms with van der Waals surface area (Å²) in [4.78, 5) is 4.10. The van der Waals surface area contributed by atoms with Crippen LogP contribution in [0.1, 0.15) is 24.4 Å². The van der Waals surface area contributed by atoms with Crippen LogP contribution < -0.4 is 5.32 Å². The van der Waals surface area contributed by atoms with Crippen LogP contribution in [0.25, 0.3) is 5.65 Å². The molecule has 5 nitrogen and oxygen atoms in total. The van der Waals surface area contributed by atoms with Gasteiger partial charge in [0, 0.05) is 25.1 Å². The quantitative estimate of drug-likeness (QED) is 0.772. The number of nitrogens with zero attached hydrogens (tertiary/aromatic N) is 4. The first-order valence-electron chi connectivity index (χ1n) is 6.26. The third-order valence-corrected chi connectivity index (χ3v) is 3.06. The van der Waals surface area contributed by atoms with E-state index < -0.39 is 0 Å². The van der Waals surface area contributed by atoms with Crippen LogP contribution in [0.15, 0.2) is 48.9 Å². The van der Waals surface area contributed by atoms with E-state index >= 15 is 0 Å². The Hall–Kier alpha value is -2.27. The molecule has 19 heavy (non-hydrogen) atoms. The number of fused-ring (bicyclic) bond motifs is 1. The van der Waals surface area contributed by atoms with Gasteiger partial charge in [0.15, 0.2) is 11.5 Å². The smallest absolute Gasteiger partial charge is 0.160 e. The van der Waals surface area contributed by atoms with Crippen molar-refractivity contribution in [3.63, 3.8) is 0 Å². The van der Waals surface area contributed by atoms with E-state index in [1.54, 1.807) is 6.20 Å². The molecule has 0 bridgehead atoms. The molecule has 0 aliphatic rings. The summed E-state index contributed by atoms with van der Waals surface area (Å²) in [6, 6.07) is 10.0. The lowest BCUT2D eigenvalue weighted by atomic mass is 10.2. The van der Waals surface area contributed by atoms with E-state index in [-0.39, 0.29) is 6.04 Å². The number of hydrogen-bond donors (Lipinski definition) is 1. The molecule has 0 radical (unpaired) electrons. The van der Waals surface area contributed by atoms with Crippen molar-refractivity contribution < 1.29 is 0 Å². The second-order valence-corrected chi connectivity index (χ2v) is 4.45. The van der Waals surface area contributed by atoms with Crippen molar-refractivity contribution >= 4 is 5.65 Å². The van der Waals surface area contributed by atoms with Crippen molar-refractivity contribution in [2.45, 2.75) is 19.5 Å². The van der Waals surface area contributed by atoms with Gasteiger partial charge in [-0.15, -0.1) is 10.2 Å². The van der Waals surface area contributed by atoms with Gasteiger partial charge >= 0.3 is 0 Å². The maximum Gasteiger partial charge on any atom is 0.160 e. The van der Waals surface area contributed by atoms with Crippen molar-refractivity contribution in [2.75, 3.05) is 0 Å². The number of hydrogen-bond acceptors (Lipinski definition) is 4. The highest BCUT2D eigenvalue weighted by molar-refractivity contribution is 5.37. The van der Waals surface area contributed by atoms with Crippen molar-refractivity contribution in [3.05, 3.63) is 60.3 Å². The lowest BCUT2D eigenvalue weighted by molar-refractivity contribution is 0.541. The zero-order valence-electron chi connectivity index (χ0n) is 10.7. The Morgan fingerprint density at radius 3 is 3.00 bits per heavy atom. The fourth-order valence-corrected chi connectivity index (χ4v) is 2.02. The minimum absolute atomic E-state index is 0.123. The third kappa shape index (κ3) is 2.46. The lowest BCUT2D eigenvalue weighted by Gasteiger charge is -2.11. The van der Waals surface area contributed by atoms with E-state index in [9.17, 15) is 0 Å². The largest absolute Gasteiger partial charge is 0.303 e. The van der Waals surface area contributed by atoms with Crippen molar-refractivity contribution in [1.82, 2.24) is 24.9 Å². The molecule has 1 atom stereocenters. The van der Waals surface area contributed by atoms with Crippen LogP contribution in [0.3, 0.4) is 0 Å². The molecule has 96 valence electrons. The SMILES string of the molecule is CC(NCc1cccnc1)c1nnc2ccccn12. The second-order valence-electron chi connectivity index (χ2n) is 4.45. The molecule has 0 amide bonds. The number of pyridine rings is 2. The topological polar surface area (TPSA) is 55.1 Å². The fourth-order valence-electron chi connectivity index (χ4n) is 2.02. The van der Waals surface area contributed by atoms with Gasteiger partial charge in [-0.2, -0.15) is 0 Å². The number of nitrogens with one attached hydrogen (secondary N) is 1. The van der Waals surface area contributed by atoms with Crippen molar-refractivity contribution in [2.24, 2.45) is 0 Å². The third-order valence-electron chi connectivity index (χ3n) is 3.06. The van der Waals surface area contributed by atoms with Crippen LogP contribution in [0.2, 0.25) is 0 Å². The molecule has 1 N–H and O–H groups in total. The second kappa shape index (κ2) is 5.16. The van der Waals surface area contributed by atoms with Gasteiger partial charge in [0.25, 0.3) is 0 Å². The van der Waals surface area contributed by atoms with Crippen LogP contribution in [0, 0.1) is 0 Å². The van der Waals surface area contributed by atoms with E-state index in [4.69, 9.17) is 0 Å². The highest BCUT2D eigenvalue weighted by Gasteiger charge is 2.12. The van der Waals surface area contributed by atoms with Gasteiger partial charge in [-0.3, -0.25) is 9.38 Å². The number of rotatable bonds is 4. The van der Waals surface area contributed by atoms with E-state index in [1.807, 2.05) is 41.1 Å². The Morgan fingerprint density at radius 2 is 2.16 bits per heavy atom. The number of aromatic nitrogens is 4. The van der Waals surface area contributed by atoms with Gasteiger partial charge in [0.05, 0.1) is 6.04 Å². The van der Waals surface area contributed by atoms with Crippen LogP contribution in [0.5, 0.6) is 0 Å². The van der Waals surface area contributed by atoms with Gasteiger partial charge in [0.2, 0.25) is 0 Å². The zero-order chi connectivity index (χ0) is 13.1. The first-order chi connectivity index (χ1) is 9.34. The first kappa shape index (κ1) is 11.8. The summed E-state index contributed by atoms with van der Waals surface area (Å²) in [5.41, 5.74) is 2.02. The summed E-state index contributed by atoms with van der Waals surface area (Å²) in [6.45, 7) is 2.84. The minimum atomic E-state index is 0.123. The molecule has 1 unspecified atom stereocenters. The molecule has 0 aliphatic carbocycles.